The van der Waals surface area contributed by atoms with E-state index in [1.54, 1.807) is 17.4 Å². The van der Waals surface area contributed by atoms with Crippen LogP contribution in [0.2, 0.25) is 0 Å². The molecule has 24 heavy (non-hydrogen) atoms. The topological polar surface area (TPSA) is 0 Å². The Morgan fingerprint density at radius 3 is 2.12 bits per heavy atom. The molecule has 0 aliphatic carbocycles. The van der Waals surface area contributed by atoms with E-state index in [1.807, 2.05) is 42.5 Å². The standard InChI is InChI=1S/C22H15FS/c23-21-12-5-4-11-20(21)18-10-6-9-17(13-18)19-14-22(24-15-19)16-7-2-1-3-8-16/h1-15H. The zero-order chi connectivity index (χ0) is 16.4. The van der Waals surface area contributed by atoms with Gasteiger partial charge in [-0.3, -0.25) is 0 Å². The molecule has 0 aliphatic heterocycles. The van der Waals surface area contributed by atoms with Crippen molar-refractivity contribution in [3.8, 4) is 32.7 Å². The highest BCUT2D eigenvalue weighted by molar-refractivity contribution is 7.14. The fourth-order valence-corrected chi connectivity index (χ4v) is 3.73. The number of rotatable bonds is 3. The summed E-state index contributed by atoms with van der Waals surface area (Å²) in [5.41, 5.74) is 5.03. The number of thiophene rings is 1. The normalized spacial score (nSPS) is 10.7. The SMILES string of the molecule is Fc1ccccc1-c1cccc(-c2csc(-c3ccccc3)c2)c1. The summed E-state index contributed by atoms with van der Waals surface area (Å²) in [6, 6.07) is 27.5. The van der Waals surface area contributed by atoms with Crippen molar-refractivity contribution >= 4 is 11.3 Å². The Bertz CT molecular complexity index is 970. The van der Waals surface area contributed by atoms with Crippen LogP contribution in [0.4, 0.5) is 4.39 Å². The van der Waals surface area contributed by atoms with Gasteiger partial charge >= 0.3 is 0 Å². The van der Waals surface area contributed by atoms with Gasteiger partial charge in [0.05, 0.1) is 0 Å². The molecule has 0 bridgehead atoms. The Balaban J connectivity index is 1.72. The molecule has 0 unspecified atom stereocenters. The van der Waals surface area contributed by atoms with Crippen LogP contribution in [0.5, 0.6) is 0 Å². The second-order valence-corrected chi connectivity index (χ2v) is 6.54. The summed E-state index contributed by atoms with van der Waals surface area (Å²) in [7, 11) is 0. The zero-order valence-electron chi connectivity index (χ0n) is 12.9. The molecule has 0 spiro atoms. The number of halogens is 1. The first kappa shape index (κ1) is 14.9. The highest BCUT2D eigenvalue weighted by Crippen LogP contribution is 2.34. The molecular formula is C22H15FS. The van der Waals surface area contributed by atoms with Gasteiger partial charge in [-0.2, -0.15) is 0 Å². The average Bonchev–Trinajstić information content (AvgIpc) is 3.13. The molecule has 0 saturated heterocycles. The summed E-state index contributed by atoms with van der Waals surface area (Å²) in [5, 5.41) is 2.16. The van der Waals surface area contributed by atoms with Gasteiger partial charge in [0, 0.05) is 10.4 Å². The lowest BCUT2D eigenvalue weighted by molar-refractivity contribution is 0.631. The smallest absolute Gasteiger partial charge is 0.131 e. The number of hydrogen-bond donors (Lipinski definition) is 0. The van der Waals surface area contributed by atoms with Crippen molar-refractivity contribution in [3.63, 3.8) is 0 Å². The van der Waals surface area contributed by atoms with Crippen LogP contribution >= 0.6 is 11.3 Å². The minimum absolute atomic E-state index is 0.190. The third-order valence-electron chi connectivity index (χ3n) is 4.04. The lowest BCUT2D eigenvalue weighted by Crippen LogP contribution is -1.84. The van der Waals surface area contributed by atoms with Crippen molar-refractivity contribution < 1.29 is 4.39 Å². The molecule has 1 aromatic heterocycles. The summed E-state index contributed by atoms with van der Waals surface area (Å²) >= 11 is 1.73. The van der Waals surface area contributed by atoms with E-state index in [4.69, 9.17) is 0 Å². The molecule has 0 nitrogen and oxygen atoms in total. The van der Waals surface area contributed by atoms with Gasteiger partial charge in [-0.15, -0.1) is 11.3 Å². The summed E-state index contributed by atoms with van der Waals surface area (Å²) in [6.45, 7) is 0. The molecule has 0 atom stereocenters. The quantitative estimate of drug-likeness (QED) is 0.384. The van der Waals surface area contributed by atoms with Gasteiger partial charge in [-0.05, 0) is 45.8 Å². The van der Waals surface area contributed by atoms with Gasteiger partial charge in [-0.1, -0.05) is 66.7 Å². The first-order valence-electron chi connectivity index (χ1n) is 7.80. The molecule has 0 aliphatic rings. The average molecular weight is 330 g/mol. The van der Waals surface area contributed by atoms with Crippen molar-refractivity contribution in [2.75, 3.05) is 0 Å². The second-order valence-electron chi connectivity index (χ2n) is 5.63. The Labute approximate surface area is 144 Å². The maximum atomic E-state index is 14.0. The fourth-order valence-electron chi connectivity index (χ4n) is 2.80. The van der Waals surface area contributed by atoms with Crippen LogP contribution < -0.4 is 0 Å². The van der Waals surface area contributed by atoms with Crippen molar-refractivity contribution in [1.82, 2.24) is 0 Å². The lowest BCUT2D eigenvalue weighted by Gasteiger charge is -2.05. The summed E-state index contributed by atoms with van der Waals surface area (Å²) in [5.74, 6) is -0.190. The first-order chi connectivity index (χ1) is 11.8. The van der Waals surface area contributed by atoms with Crippen molar-refractivity contribution in [2.24, 2.45) is 0 Å². The third kappa shape index (κ3) is 2.89. The summed E-state index contributed by atoms with van der Waals surface area (Å²) < 4.78 is 14.0. The number of benzene rings is 3. The third-order valence-corrected chi connectivity index (χ3v) is 5.02. The van der Waals surface area contributed by atoms with Crippen molar-refractivity contribution in [1.29, 1.82) is 0 Å². The van der Waals surface area contributed by atoms with Gasteiger partial charge in [-0.25, -0.2) is 4.39 Å². The zero-order valence-corrected chi connectivity index (χ0v) is 13.8. The van der Waals surface area contributed by atoms with Crippen LogP contribution in [-0.2, 0) is 0 Å². The van der Waals surface area contributed by atoms with E-state index >= 15 is 0 Å². The number of hydrogen-bond acceptors (Lipinski definition) is 1. The first-order valence-corrected chi connectivity index (χ1v) is 8.68. The highest BCUT2D eigenvalue weighted by atomic mass is 32.1. The molecule has 116 valence electrons. The van der Waals surface area contributed by atoms with Crippen LogP contribution in [0, 0.1) is 5.82 Å². The van der Waals surface area contributed by atoms with Crippen molar-refractivity contribution in [2.45, 2.75) is 0 Å². The minimum atomic E-state index is -0.190. The molecular weight excluding hydrogens is 315 g/mol. The molecule has 0 amide bonds. The Morgan fingerprint density at radius 2 is 1.29 bits per heavy atom. The van der Waals surface area contributed by atoms with Crippen LogP contribution in [0.25, 0.3) is 32.7 Å². The molecule has 0 saturated carbocycles. The van der Waals surface area contributed by atoms with E-state index < -0.39 is 0 Å². The van der Waals surface area contributed by atoms with E-state index in [0.717, 1.165) is 16.7 Å². The van der Waals surface area contributed by atoms with E-state index in [0.29, 0.717) is 5.56 Å². The van der Waals surface area contributed by atoms with Gasteiger partial charge in [0.2, 0.25) is 0 Å². The Kier molecular flexibility index (Phi) is 3.97. The minimum Gasteiger partial charge on any atom is -0.206 e. The lowest BCUT2D eigenvalue weighted by atomic mass is 10.00. The summed E-state index contributed by atoms with van der Waals surface area (Å²) in [6.07, 6.45) is 0. The van der Waals surface area contributed by atoms with Crippen LogP contribution in [-0.4, -0.2) is 0 Å². The molecule has 0 radical (unpaired) electrons. The predicted molar refractivity (Wildman–Crippen MR) is 101 cm³/mol. The van der Waals surface area contributed by atoms with Gasteiger partial charge in [0.15, 0.2) is 0 Å². The van der Waals surface area contributed by atoms with E-state index in [2.05, 4.69) is 35.7 Å². The van der Waals surface area contributed by atoms with E-state index in [-0.39, 0.29) is 5.82 Å². The molecule has 0 fully saturated rings. The van der Waals surface area contributed by atoms with Gasteiger partial charge < -0.3 is 0 Å². The van der Waals surface area contributed by atoms with Gasteiger partial charge in [0.25, 0.3) is 0 Å². The van der Waals surface area contributed by atoms with Crippen LogP contribution in [0.3, 0.4) is 0 Å². The van der Waals surface area contributed by atoms with Crippen LogP contribution in [0.15, 0.2) is 90.3 Å². The Morgan fingerprint density at radius 1 is 0.583 bits per heavy atom. The van der Waals surface area contributed by atoms with Crippen LogP contribution in [0.1, 0.15) is 0 Å². The second kappa shape index (κ2) is 6.42. The van der Waals surface area contributed by atoms with E-state index in [1.165, 1.54) is 16.5 Å². The predicted octanol–water partition coefficient (Wildman–Crippen LogP) is 6.89. The van der Waals surface area contributed by atoms with E-state index in [9.17, 15) is 4.39 Å². The highest BCUT2D eigenvalue weighted by Gasteiger charge is 2.08. The molecule has 4 rings (SSSR count). The molecule has 3 aromatic carbocycles. The largest absolute Gasteiger partial charge is 0.206 e. The molecule has 1 heterocycles. The van der Waals surface area contributed by atoms with Gasteiger partial charge in [0.1, 0.15) is 5.82 Å². The molecule has 2 heteroatoms. The maximum absolute atomic E-state index is 14.0. The molecule has 4 aromatic rings. The summed E-state index contributed by atoms with van der Waals surface area (Å²) in [4.78, 5) is 1.24. The fraction of sp³-hybridized carbons (Fsp3) is 0. The van der Waals surface area contributed by atoms with Crippen molar-refractivity contribution in [3.05, 3.63) is 96.1 Å². The Hall–Kier alpha value is -2.71. The monoisotopic (exact) mass is 330 g/mol. The molecule has 0 N–H and O–H groups in total. The maximum Gasteiger partial charge on any atom is 0.131 e.